The summed E-state index contributed by atoms with van der Waals surface area (Å²) >= 11 is 0. The average Bonchev–Trinajstić information content (AvgIpc) is 1.84. The third-order valence-corrected chi connectivity index (χ3v) is 3.50. The summed E-state index contributed by atoms with van der Waals surface area (Å²) in [5, 5.41) is 0. The monoisotopic (exact) mass is 176 g/mol. The average molecular weight is 176 g/mol. The minimum atomic E-state index is -3.00. The Morgan fingerprint density at radius 1 is 1.27 bits per heavy atom. The van der Waals surface area contributed by atoms with E-state index in [4.69, 9.17) is 0 Å². The van der Waals surface area contributed by atoms with Gasteiger partial charge >= 0.3 is 0 Å². The minimum absolute atomic E-state index is 0.169. The van der Waals surface area contributed by atoms with Gasteiger partial charge in [0.25, 0.3) is 0 Å². The lowest BCUT2D eigenvalue weighted by Crippen LogP contribution is -1.94. The highest BCUT2D eigenvalue weighted by Gasteiger charge is 2.18. The van der Waals surface area contributed by atoms with E-state index in [1.807, 2.05) is 13.8 Å². The van der Waals surface area contributed by atoms with Crippen molar-refractivity contribution < 1.29 is 9.46 Å². The van der Waals surface area contributed by atoms with E-state index < -0.39 is 7.37 Å². The van der Waals surface area contributed by atoms with Gasteiger partial charge in [0.2, 0.25) is 7.37 Å². The Morgan fingerprint density at radius 2 is 1.73 bits per heavy atom. The first-order chi connectivity index (χ1) is 4.86. The zero-order valence-corrected chi connectivity index (χ0v) is 8.51. The largest absolute Gasteiger partial charge is 0.341 e. The number of allylic oxidation sites excluding steroid dienone is 1. The van der Waals surface area contributed by atoms with E-state index >= 15 is 0 Å². The molecule has 0 fully saturated rings. The maximum Gasteiger partial charge on any atom is 0.224 e. The molecule has 11 heavy (non-hydrogen) atoms. The molecule has 0 saturated heterocycles. The second kappa shape index (κ2) is 4.08. The van der Waals surface area contributed by atoms with Gasteiger partial charge in [0.1, 0.15) is 0 Å². The van der Waals surface area contributed by atoms with Crippen LogP contribution >= 0.6 is 7.37 Å². The number of rotatable bonds is 3. The van der Waals surface area contributed by atoms with Gasteiger partial charge in [-0.2, -0.15) is 0 Å². The van der Waals surface area contributed by atoms with Crippen molar-refractivity contribution in [2.24, 2.45) is 5.92 Å². The van der Waals surface area contributed by atoms with E-state index in [1.165, 1.54) is 5.82 Å². The molecule has 0 radical (unpaired) electrons. The molecule has 0 aliphatic rings. The van der Waals surface area contributed by atoms with Crippen molar-refractivity contribution in [2.45, 2.75) is 33.4 Å². The Morgan fingerprint density at radius 3 is 2.00 bits per heavy atom. The van der Waals surface area contributed by atoms with Gasteiger partial charge in [-0.25, -0.2) is 0 Å². The van der Waals surface area contributed by atoms with Crippen LogP contribution < -0.4 is 0 Å². The van der Waals surface area contributed by atoms with E-state index in [9.17, 15) is 9.46 Å². The third-order valence-electron chi connectivity index (χ3n) is 1.42. The van der Waals surface area contributed by atoms with E-state index in [1.54, 1.807) is 19.9 Å². The molecule has 2 nitrogen and oxygen atoms in total. The summed E-state index contributed by atoms with van der Waals surface area (Å²) in [4.78, 5) is 9.31. The molecule has 66 valence electrons. The van der Waals surface area contributed by atoms with Crippen LogP contribution in [0.1, 0.15) is 27.7 Å². The highest BCUT2D eigenvalue weighted by molar-refractivity contribution is 7.61. The molecule has 1 atom stereocenters. The lowest BCUT2D eigenvalue weighted by atomic mass is 10.2. The van der Waals surface area contributed by atoms with Crippen molar-refractivity contribution in [3.63, 3.8) is 0 Å². The molecule has 0 heterocycles. The molecular formula is C8H17O2P. The van der Waals surface area contributed by atoms with Crippen molar-refractivity contribution >= 4 is 7.37 Å². The van der Waals surface area contributed by atoms with Gasteiger partial charge in [0.15, 0.2) is 0 Å². The zero-order chi connectivity index (χ0) is 9.07. The smallest absolute Gasteiger partial charge is 0.224 e. The van der Waals surface area contributed by atoms with Crippen LogP contribution in [0, 0.1) is 5.92 Å². The van der Waals surface area contributed by atoms with Crippen molar-refractivity contribution in [3.05, 3.63) is 11.9 Å². The summed E-state index contributed by atoms with van der Waals surface area (Å²) in [6.07, 6.45) is 1.78. The van der Waals surface area contributed by atoms with Crippen molar-refractivity contribution in [3.8, 4) is 0 Å². The molecule has 0 aliphatic heterocycles. The Bertz CT molecular complexity index is 183. The quantitative estimate of drug-likeness (QED) is 0.671. The van der Waals surface area contributed by atoms with Crippen molar-refractivity contribution in [2.75, 3.05) is 0 Å². The molecule has 0 rings (SSSR count). The first kappa shape index (κ1) is 10.9. The van der Waals surface area contributed by atoms with Gasteiger partial charge in [0.05, 0.1) is 0 Å². The Kier molecular flexibility index (Phi) is 4.05. The first-order valence-electron chi connectivity index (χ1n) is 3.88. The second-order valence-corrected chi connectivity index (χ2v) is 6.03. The lowest BCUT2D eigenvalue weighted by molar-refractivity contribution is 0.479. The lowest BCUT2D eigenvalue weighted by Gasteiger charge is -2.10. The Labute approximate surface area is 68.8 Å². The van der Waals surface area contributed by atoms with E-state index in [0.29, 0.717) is 5.92 Å². The van der Waals surface area contributed by atoms with Crippen molar-refractivity contribution in [1.29, 1.82) is 0 Å². The molecule has 0 aromatic heterocycles. The molecule has 0 spiro atoms. The van der Waals surface area contributed by atoms with E-state index in [0.717, 1.165) is 0 Å². The van der Waals surface area contributed by atoms with Crippen molar-refractivity contribution in [1.82, 2.24) is 0 Å². The summed E-state index contributed by atoms with van der Waals surface area (Å²) in [6.45, 7) is 7.48. The standard InChI is InChI=1S/C8H17O2P/c1-7(2)5-6-11(9,10)8(3)4/h5-8H,1-4H3,(H,9,10). The van der Waals surface area contributed by atoms with Crippen LogP contribution in [0.5, 0.6) is 0 Å². The number of hydrogen-bond donors (Lipinski definition) is 1. The van der Waals surface area contributed by atoms with Crippen LogP contribution in [-0.4, -0.2) is 10.6 Å². The normalized spacial score (nSPS) is 18.1. The summed E-state index contributed by atoms with van der Waals surface area (Å²) in [7, 11) is -3.00. The molecule has 0 amide bonds. The van der Waals surface area contributed by atoms with Gasteiger partial charge in [-0.15, -0.1) is 0 Å². The molecule has 0 aromatic rings. The van der Waals surface area contributed by atoms with E-state index in [2.05, 4.69) is 0 Å². The third kappa shape index (κ3) is 4.39. The molecule has 0 aliphatic carbocycles. The van der Waals surface area contributed by atoms with Gasteiger partial charge in [0, 0.05) is 5.66 Å². The van der Waals surface area contributed by atoms with Crippen LogP contribution in [0.25, 0.3) is 0 Å². The van der Waals surface area contributed by atoms with Gasteiger partial charge in [-0.3, -0.25) is 4.57 Å². The van der Waals surface area contributed by atoms with Gasteiger partial charge in [-0.05, 0) is 11.7 Å². The number of hydrogen-bond acceptors (Lipinski definition) is 1. The fourth-order valence-electron chi connectivity index (χ4n) is 0.468. The summed E-state index contributed by atoms with van der Waals surface area (Å²) in [5.74, 6) is 1.79. The molecule has 3 heteroatoms. The fraction of sp³-hybridized carbons (Fsp3) is 0.750. The highest BCUT2D eigenvalue weighted by Crippen LogP contribution is 2.47. The zero-order valence-electron chi connectivity index (χ0n) is 7.61. The maximum absolute atomic E-state index is 11.3. The van der Waals surface area contributed by atoms with Crippen LogP contribution in [-0.2, 0) is 4.57 Å². The fourth-order valence-corrected chi connectivity index (χ4v) is 1.40. The van der Waals surface area contributed by atoms with Crippen LogP contribution in [0.2, 0.25) is 0 Å². The first-order valence-corrected chi connectivity index (χ1v) is 5.67. The SMILES string of the molecule is CC(C)C=CP(=O)(O)C(C)C. The Balaban J connectivity index is 4.24. The molecular weight excluding hydrogens is 159 g/mol. The predicted molar refractivity (Wildman–Crippen MR) is 48.9 cm³/mol. The predicted octanol–water partition coefficient (Wildman–Crippen LogP) is 2.83. The Hall–Kier alpha value is -0.0700. The maximum atomic E-state index is 11.3. The van der Waals surface area contributed by atoms with Crippen LogP contribution in [0.15, 0.2) is 11.9 Å². The second-order valence-electron chi connectivity index (χ2n) is 3.35. The summed E-state index contributed by atoms with van der Waals surface area (Å²) in [5.41, 5.74) is -0.169. The topological polar surface area (TPSA) is 37.3 Å². The van der Waals surface area contributed by atoms with E-state index in [-0.39, 0.29) is 5.66 Å². The molecule has 1 N–H and O–H groups in total. The van der Waals surface area contributed by atoms with Gasteiger partial charge < -0.3 is 4.89 Å². The molecule has 0 aromatic carbocycles. The highest BCUT2D eigenvalue weighted by atomic mass is 31.2. The molecule has 0 saturated carbocycles. The summed E-state index contributed by atoms with van der Waals surface area (Å²) in [6, 6.07) is 0. The van der Waals surface area contributed by atoms with Crippen LogP contribution in [0.3, 0.4) is 0 Å². The molecule has 0 bridgehead atoms. The molecule has 1 unspecified atom stereocenters. The van der Waals surface area contributed by atoms with Gasteiger partial charge in [-0.1, -0.05) is 33.8 Å². The van der Waals surface area contributed by atoms with Crippen LogP contribution in [0.4, 0.5) is 0 Å². The minimum Gasteiger partial charge on any atom is -0.341 e. The summed E-state index contributed by atoms with van der Waals surface area (Å²) < 4.78 is 11.3.